The molecule has 0 spiro atoms. The second kappa shape index (κ2) is 66.7. The molecule has 0 N–H and O–H groups in total. The molecular formula is C71H136O6. The van der Waals surface area contributed by atoms with Crippen molar-refractivity contribution in [2.75, 3.05) is 13.2 Å². The number of hydrogen-bond donors (Lipinski definition) is 0. The van der Waals surface area contributed by atoms with Crippen LogP contribution in [-0.2, 0) is 28.6 Å². The van der Waals surface area contributed by atoms with Gasteiger partial charge in [-0.3, -0.25) is 14.4 Å². The fraction of sp³-hybridized carbons (Fsp3) is 0.930. The predicted octanol–water partition coefficient (Wildman–Crippen LogP) is 24.0. The van der Waals surface area contributed by atoms with Gasteiger partial charge < -0.3 is 14.2 Å². The molecule has 1 unspecified atom stereocenters. The smallest absolute Gasteiger partial charge is 0.306 e. The Labute approximate surface area is 481 Å². The number of unbranched alkanes of at least 4 members (excludes halogenated alkanes) is 53. The van der Waals surface area contributed by atoms with E-state index in [1.807, 2.05) is 0 Å². The van der Waals surface area contributed by atoms with Gasteiger partial charge in [0.25, 0.3) is 0 Å². The lowest BCUT2D eigenvalue weighted by atomic mass is 10.0. The molecule has 0 aliphatic heterocycles. The van der Waals surface area contributed by atoms with Crippen LogP contribution in [0.1, 0.15) is 406 Å². The van der Waals surface area contributed by atoms with Crippen LogP contribution in [0, 0.1) is 0 Å². The van der Waals surface area contributed by atoms with Crippen molar-refractivity contribution >= 4 is 17.9 Å². The van der Waals surface area contributed by atoms with Crippen molar-refractivity contribution in [1.82, 2.24) is 0 Å². The Hall–Kier alpha value is -1.85. The van der Waals surface area contributed by atoms with E-state index in [2.05, 4.69) is 32.9 Å². The zero-order valence-electron chi connectivity index (χ0n) is 52.5. The third-order valence-corrected chi connectivity index (χ3v) is 16.3. The maximum Gasteiger partial charge on any atom is 0.306 e. The summed E-state index contributed by atoms with van der Waals surface area (Å²) in [6, 6.07) is 0. The van der Waals surface area contributed by atoms with E-state index in [9.17, 15) is 14.4 Å². The van der Waals surface area contributed by atoms with Gasteiger partial charge in [0.15, 0.2) is 6.10 Å². The van der Waals surface area contributed by atoms with E-state index in [1.165, 1.54) is 308 Å². The SMILES string of the molecule is CCCCCCCCCC/C=C\CCCCCCCCCCCC(=O)OC(COC(=O)CCCCCCCCCCCCCCCCCC)COC(=O)CCCCCCCCCCCCCCCCCCCCCCCC. The summed E-state index contributed by atoms with van der Waals surface area (Å²) in [6.45, 7) is 6.73. The van der Waals surface area contributed by atoms with Crippen LogP contribution in [0.3, 0.4) is 0 Å². The summed E-state index contributed by atoms with van der Waals surface area (Å²) in [5, 5.41) is 0. The first-order valence-corrected chi connectivity index (χ1v) is 35.2. The fourth-order valence-electron chi connectivity index (χ4n) is 11.0. The number of esters is 3. The second-order valence-corrected chi connectivity index (χ2v) is 24.2. The lowest BCUT2D eigenvalue weighted by Crippen LogP contribution is -2.30. The molecule has 0 bridgehead atoms. The summed E-state index contributed by atoms with van der Waals surface area (Å²) in [6.07, 6.45) is 79.5. The standard InChI is InChI=1S/C71H136O6/c1-4-7-10-13-16-19-22-25-28-31-33-35-37-38-40-43-46-49-52-55-58-61-64-70(73)76-67-68(66-75-69(72)63-60-57-54-51-48-45-42-30-27-24-21-18-15-12-9-6-3)77-71(74)65-62-59-56-53-50-47-44-41-39-36-34-32-29-26-23-20-17-14-11-8-5-2/h32,34,68H,4-31,33,35-67H2,1-3H3/b34-32-. The molecule has 456 valence electrons. The van der Waals surface area contributed by atoms with Gasteiger partial charge in [-0.05, 0) is 44.9 Å². The first-order chi connectivity index (χ1) is 38.0. The van der Waals surface area contributed by atoms with Gasteiger partial charge in [0.1, 0.15) is 13.2 Å². The second-order valence-electron chi connectivity index (χ2n) is 24.2. The maximum atomic E-state index is 13.0. The quantitative estimate of drug-likeness (QED) is 0.0261. The summed E-state index contributed by atoms with van der Waals surface area (Å²) in [5.41, 5.74) is 0. The van der Waals surface area contributed by atoms with Crippen molar-refractivity contribution < 1.29 is 28.6 Å². The highest BCUT2D eigenvalue weighted by molar-refractivity contribution is 5.71. The van der Waals surface area contributed by atoms with Crippen molar-refractivity contribution in [2.24, 2.45) is 0 Å². The van der Waals surface area contributed by atoms with E-state index < -0.39 is 6.10 Å². The Morgan fingerprint density at radius 2 is 0.429 bits per heavy atom. The third-order valence-electron chi connectivity index (χ3n) is 16.3. The van der Waals surface area contributed by atoms with Gasteiger partial charge in [-0.15, -0.1) is 0 Å². The van der Waals surface area contributed by atoms with Crippen LogP contribution in [0.15, 0.2) is 12.2 Å². The zero-order chi connectivity index (χ0) is 55.7. The van der Waals surface area contributed by atoms with E-state index in [-0.39, 0.29) is 31.1 Å². The minimum Gasteiger partial charge on any atom is -0.462 e. The van der Waals surface area contributed by atoms with Crippen molar-refractivity contribution in [3.8, 4) is 0 Å². The molecule has 0 aromatic rings. The minimum atomic E-state index is -0.767. The highest BCUT2D eigenvalue weighted by Gasteiger charge is 2.19. The molecule has 0 saturated carbocycles. The topological polar surface area (TPSA) is 78.9 Å². The minimum absolute atomic E-state index is 0.0637. The molecule has 0 saturated heterocycles. The molecule has 0 aromatic carbocycles. The third kappa shape index (κ3) is 64.9. The first-order valence-electron chi connectivity index (χ1n) is 35.2. The van der Waals surface area contributed by atoms with Crippen LogP contribution in [0.25, 0.3) is 0 Å². The van der Waals surface area contributed by atoms with Crippen molar-refractivity contribution in [3.63, 3.8) is 0 Å². The summed E-state index contributed by atoms with van der Waals surface area (Å²) < 4.78 is 17.0. The average molecular weight is 1090 g/mol. The Kier molecular flexibility index (Phi) is 65.1. The van der Waals surface area contributed by atoms with Gasteiger partial charge in [0.2, 0.25) is 0 Å². The number of allylic oxidation sites excluding steroid dienone is 2. The monoisotopic (exact) mass is 1090 g/mol. The van der Waals surface area contributed by atoms with Gasteiger partial charge >= 0.3 is 17.9 Å². The molecule has 0 rings (SSSR count). The molecule has 0 aromatic heterocycles. The first kappa shape index (κ1) is 75.2. The largest absolute Gasteiger partial charge is 0.462 e. The molecular weight excluding hydrogens is 949 g/mol. The van der Waals surface area contributed by atoms with Gasteiger partial charge in [-0.1, -0.05) is 354 Å². The summed E-state index contributed by atoms with van der Waals surface area (Å²) in [5.74, 6) is -0.829. The molecule has 0 aliphatic carbocycles. The molecule has 0 fully saturated rings. The lowest BCUT2D eigenvalue weighted by molar-refractivity contribution is -0.167. The average Bonchev–Trinajstić information content (AvgIpc) is 3.43. The molecule has 6 nitrogen and oxygen atoms in total. The van der Waals surface area contributed by atoms with E-state index >= 15 is 0 Å². The van der Waals surface area contributed by atoms with Crippen molar-refractivity contribution in [2.45, 2.75) is 412 Å². The van der Waals surface area contributed by atoms with E-state index in [1.54, 1.807) is 0 Å². The van der Waals surface area contributed by atoms with Crippen LogP contribution in [0.5, 0.6) is 0 Å². The molecule has 0 heterocycles. The van der Waals surface area contributed by atoms with Crippen LogP contribution in [0.4, 0.5) is 0 Å². The van der Waals surface area contributed by atoms with Crippen molar-refractivity contribution in [3.05, 3.63) is 12.2 Å². The van der Waals surface area contributed by atoms with E-state index in [0.717, 1.165) is 57.8 Å². The van der Waals surface area contributed by atoms with Crippen LogP contribution in [-0.4, -0.2) is 37.2 Å². The van der Waals surface area contributed by atoms with Crippen LogP contribution >= 0.6 is 0 Å². The Morgan fingerprint density at radius 3 is 0.649 bits per heavy atom. The number of hydrogen-bond acceptors (Lipinski definition) is 6. The highest BCUT2D eigenvalue weighted by atomic mass is 16.6. The molecule has 0 aliphatic rings. The zero-order valence-corrected chi connectivity index (χ0v) is 52.5. The molecule has 0 radical (unpaired) electrons. The number of ether oxygens (including phenoxy) is 3. The molecule has 0 amide bonds. The number of carbonyl (C=O) groups excluding carboxylic acids is 3. The maximum absolute atomic E-state index is 13.0. The Balaban J connectivity index is 4.27. The highest BCUT2D eigenvalue weighted by Crippen LogP contribution is 2.19. The summed E-state index contributed by atoms with van der Waals surface area (Å²) in [4.78, 5) is 38.4. The van der Waals surface area contributed by atoms with E-state index in [4.69, 9.17) is 14.2 Å². The molecule has 6 heteroatoms. The normalized spacial score (nSPS) is 12.0. The summed E-state index contributed by atoms with van der Waals surface area (Å²) >= 11 is 0. The number of rotatable bonds is 66. The van der Waals surface area contributed by atoms with Gasteiger partial charge in [0, 0.05) is 19.3 Å². The lowest BCUT2D eigenvalue weighted by Gasteiger charge is -2.18. The van der Waals surface area contributed by atoms with Gasteiger partial charge in [-0.2, -0.15) is 0 Å². The van der Waals surface area contributed by atoms with Gasteiger partial charge in [0.05, 0.1) is 0 Å². The van der Waals surface area contributed by atoms with Crippen LogP contribution < -0.4 is 0 Å². The molecule has 1 atom stereocenters. The Bertz CT molecular complexity index is 1200. The van der Waals surface area contributed by atoms with Gasteiger partial charge in [-0.25, -0.2) is 0 Å². The predicted molar refractivity (Wildman–Crippen MR) is 335 cm³/mol. The molecule has 77 heavy (non-hydrogen) atoms. The number of carbonyl (C=O) groups is 3. The fourth-order valence-corrected chi connectivity index (χ4v) is 11.0. The van der Waals surface area contributed by atoms with Crippen molar-refractivity contribution in [1.29, 1.82) is 0 Å². The van der Waals surface area contributed by atoms with Crippen LogP contribution in [0.2, 0.25) is 0 Å². The Morgan fingerprint density at radius 1 is 0.247 bits per heavy atom. The van der Waals surface area contributed by atoms with E-state index in [0.29, 0.717) is 19.3 Å². The summed E-state index contributed by atoms with van der Waals surface area (Å²) in [7, 11) is 0.